The molecular weight excluding hydrogens is 248 g/mol. The Bertz CT molecular complexity index is 411. The van der Waals surface area contributed by atoms with Crippen LogP contribution in [0.5, 0.6) is 0 Å². The average Bonchev–Trinajstić information content (AvgIpc) is 2.36. The van der Waals surface area contributed by atoms with Gasteiger partial charge in [0.15, 0.2) is 0 Å². The summed E-state index contributed by atoms with van der Waals surface area (Å²) in [5.74, 6) is 2.21. The van der Waals surface area contributed by atoms with Crippen LogP contribution in [0, 0.1) is 22.7 Å². The number of nitrogens with zero attached hydrogens (tertiary/aromatic N) is 2. The lowest BCUT2D eigenvalue weighted by Gasteiger charge is -2.61. The van der Waals surface area contributed by atoms with Crippen molar-refractivity contribution < 1.29 is 4.79 Å². The molecule has 3 heteroatoms. The number of hydrogen-bond donors (Lipinski definition) is 0. The lowest BCUT2D eigenvalue weighted by molar-refractivity contribution is -0.167. The molecule has 112 valence electrons. The molecule has 2 atom stereocenters. The van der Waals surface area contributed by atoms with Crippen LogP contribution in [0.25, 0.3) is 0 Å². The molecule has 0 aromatic rings. The van der Waals surface area contributed by atoms with E-state index in [0.717, 1.165) is 38.0 Å². The number of carbonyl (C=O) groups excluding carboxylic acids is 1. The van der Waals surface area contributed by atoms with Gasteiger partial charge in [-0.2, -0.15) is 0 Å². The highest BCUT2D eigenvalue weighted by molar-refractivity contribution is 5.83. The third-order valence-corrected chi connectivity index (χ3v) is 6.60. The van der Waals surface area contributed by atoms with Crippen LogP contribution in [0.1, 0.15) is 45.4 Å². The second kappa shape index (κ2) is 4.22. The van der Waals surface area contributed by atoms with Crippen molar-refractivity contribution in [3.05, 3.63) is 0 Å². The smallest absolute Gasteiger partial charge is 0.228 e. The Balaban J connectivity index is 1.56. The summed E-state index contributed by atoms with van der Waals surface area (Å²) in [6, 6.07) is 0. The van der Waals surface area contributed by atoms with Crippen LogP contribution in [-0.2, 0) is 4.79 Å². The van der Waals surface area contributed by atoms with Gasteiger partial charge >= 0.3 is 0 Å². The second-order valence-electron chi connectivity index (χ2n) is 8.65. The highest BCUT2D eigenvalue weighted by Crippen LogP contribution is 2.65. The van der Waals surface area contributed by atoms with E-state index in [0.29, 0.717) is 11.3 Å². The first kappa shape index (κ1) is 13.1. The van der Waals surface area contributed by atoms with Gasteiger partial charge in [0.2, 0.25) is 5.91 Å². The SMILES string of the molecule is CN1CCN(C(=O)C23CC4CC(CC(C)(C4)C2)C3)CC1. The largest absolute Gasteiger partial charge is 0.340 e. The van der Waals surface area contributed by atoms with Crippen molar-refractivity contribution in [3.8, 4) is 0 Å². The van der Waals surface area contributed by atoms with Gasteiger partial charge in [0, 0.05) is 26.2 Å². The minimum atomic E-state index is 0.0365. The second-order valence-corrected chi connectivity index (χ2v) is 8.65. The van der Waals surface area contributed by atoms with Gasteiger partial charge in [-0.05, 0) is 62.8 Å². The molecule has 2 unspecified atom stereocenters. The van der Waals surface area contributed by atoms with E-state index >= 15 is 0 Å². The molecule has 4 saturated carbocycles. The zero-order chi connectivity index (χ0) is 14.0. The summed E-state index contributed by atoms with van der Waals surface area (Å²) in [6.45, 7) is 6.45. The Morgan fingerprint density at radius 2 is 1.60 bits per heavy atom. The van der Waals surface area contributed by atoms with Gasteiger partial charge in [-0.15, -0.1) is 0 Å². The van der Waals surface area contributed by atoms with Gasteiger partial charge in [-0.1, -0.05) is 6.92 Å². The molecule has 0 N–H and O–H groups in total. The fraction of sp³-hybridized carbons (Fsp3) is 0.941. The molecule has 0 aromatic heterocycles. The van der Waals surface area contributed by atoms with Gasteiger partial charge in [-0.3, -0.25) is 4.79 Å². The maximum atomic E-state index is 13.2. The summed E-state index contributed by atoms with van der Waals surface area (Å²) >= 11 is 0. The van der Waals surface area contributed by atoms with E-state index in [4.69, 9.17) is 0 Å². The molecule has 0 spiro atoms. The zero-order valence-electron chi connectivity index (χ0n) is 13.0. The van der Waals surface area contributed by atoms with Crippen molar-refractivity contribution >= 4 is 5.91 Å². The number of carbonyl (C=O) groups is 1. The summed E-state index contributed by atoms with van der Waals surface area (Å²) in [5, 5.41) is 0. The molecule has 0 radical (unpaired) electrons. The molecule has 4 bridgehead atoms. The van der Waals surface area contributed by atoms with Crippen LogP contribution in [0.4, 0.5) is 0 Å². The molecule has 3 nitrogen and oxygen atoms in total. The van der Waals surface area contributed by atoms with Crippen molar-refractivity contribution in [2.75, 3.05) is 33.2 Å². The fourth-order valence-electron chi connectivity index (χ4n) is 6.32. The van der Waals surface area contributed by atoms with E-state index in [9.17, 15) is 4.79 Å². The number of piperazine rings is 1. The van der Waals surface area contributed by atoms with Crippen LogP contribution in [0.3, 0.4) is 0 Å². The number of rotatable bonds is 1. The van der Waals surface area contributed by atoms with Gasteiger partial charge in [0.25, 0.3) is 0 Å². The van der Waals surface area contributed by atoms with E-state index < -0.39 is 0 Å². The maximum Gasteiger partial charge on any atom is 0.228 e. The molecule has 20 heavy (non-hydrogen) atoms. The Morgan fingerprint density at radius 1 is 1.00 bits per heavy atom. The van der Waals surface area contributed by atoms with E-state index in [-0.39, 0.29) is 5.41 Å². The molecule has 1 aliphatic heterocycles. The van der Waals surface area contributed by atoms with Gasteiger partial charge in [0.05, 0.1) is 5.41 Å². The highest BCUT2D eigenvalue weighted by atomic mass is 16.2. The molecular formula is C17H28N2O. The topological polar surface area (TPSA) is 23.6 Å². The average molecular weight is 276 g/mol. The predicted molar refractivity (Wildman–Crippen MR) is 79.3 cm³/mol. The van der Waals surface area contributed by atoms with Crippen LogP contribution in [0.2, 0.25) is 0 Å². The lowest BCUT2D eigenvalue weighted by Crippen LogP contribution is -2.59. The van der Waals surface area contributed by atoms with Crippen molar-refractivity contribution in [3.63, 3.8) is 0 Å². The molecule has 1 amide bonds. The summed E-state index contributed by atoms with van der Waals surface area (Å²) in [4.78, 5) is 17.7. The van der Waals surface area contributed by atoms with Gasteiger partial charge in [-0.25, -0.2) is 0 Å². The third-order valence-electron chi connectivity index (χ3n) is 6.60. The first-order valence-corrected chi connectivity index (χ1v) is 8.46. The molecule has 1 saturated heterocycles. The van der Waals surface area contributed by atoms with Crippen molar-refractivity contribution in [2.45, 2.75) is 45.4 Å². The molecule has 5 aliphatic rings. The summed E-state index contributed by atoms with van der Waals surface area (Å²) < 4.78 is 0. The minimum Gasteiger partial charge on any atom is -0.340 e. The fourth-order valence-corrected chi connectivity index (χ4v) is 6.32. The zero-order valence-corrected chi connectivity index (χ0v) is 13.0. The van der Waals surface area contributed by atoms with E-state index in [1.165, 1.54) is 38.5 Å². The molecule has 5 rings (SSSR count). The Morgan fingerprint density at radius 3 is 2.15 bits per heavy atom. The predicted octanol–water partition coefficient (Wildman–Crippen LogP) is 2.37. The Kier molecular flexibility index (Phi) is 2.77. The Labute approximate surface area is 122 Å². The molecule has 5 fully saturated rings. The van der Waals surface area contributed by atoms with Crippen LogP contribution in [0.15, 0.2) is 0 Å². The minimum absolute atomic E-state index is 0.0365. The van der Waals surface area contributed by atoms with Crippen molar-refractivity contribution in [1.82, 2.24) is 9.80 Å². The molecule has 1 heterocycles. The Hall–Kier alpha value is -0.570. The van der Waals surface area contributed by atoms with Gasteiger partial charge < -0.3 is 9.80 Å². The highest BCUT2D eigenvalue weighted by Gasteiger charge is 2.59. The standard InChI is InChI=1S/C17H28N2O/c1-16-8-13-7-14(9-16)11-17(10-13,12-16)15(20)19-5-3-18(2)4-6-19/h13-14H,3-12H2,1-2H3. The monoisotopic (exact) mass is 276 g/mol. The van der Waals surface area contributed by atoms with Crippen LogP contribution < -0.4 is 0 Å². The van der Waals surface area contributed by atoms with E-state index in [2.05, 4.69) is 23.8 Å². The molecule has 0 aromatic carbocycles. The maximum absolute atomic E-state index is 13.2. The van der Waals surface area contributed by atoms with Crippen molar-refractivity contribution in [1.29, 1.82) is 0 Å². The first-order chi connectivity index (χ1) is 9.48. The summed E-state index contributed by atoms with van der Waals surface area (Å²) in [6.07, 6.45) is 7.77. The lowest BCUT2D eigenvalue weighted by atomic mass is 9.44. The molecule has 4 aliphatic carbocycles. The van der Waals surface area contributed by atoms with Crippen molar-refractivity contribution in [2.24, 2.45) is 22.7 Å². The normalized spacial score (nSPS) is 47.8. The van der Waals surface area contributed by atoms with Crippen LogP contribution >= 0.6 is 0 Å². The number of amides is 1. The van der Waals surface area contributed by atoms with E-state index in [1.807, 2.05) is 0 Å². The summed E-state index contributed by atoms with van der Waals surface area (Å²) in [7, 11) is 2.16. The van der Waals surface area contributed by atoms with Gasteiger partial charge in [0.1, 0.15) is 0 Å². The third kappa shape index (κ3) is 1.93. The van der Waals surface area contributed by atoms with Crippen LogP contribution in [-0.4, -0.2) is 48.9 Å². The first-order valence-electron chi connectivity index (χ1n) is 8.46. The number of hydrogen-bond acceptors (Lipinski definition) is 2. The quantitative estimate of drug-likeness (QED) is 0.734. The van der Waals surface area contributed by atoms with E-state index in [1.54, 1.807) is 0 Å². The number of likely N-dealkylation sites (N-methyl/N-ethyl adjacent to an activating group) is 1. The summed E-state index contributed by atoms with van der Waals surface area (Å²) in [5.41, 5.74) is 0.515.